The number of hydrogen-bond donors (Lipinski definition) is 0. The summed E-state index contributed by atoms with van der Waals surface area (Å²) in [5, 5.41) is 0. The summed E-state index contributed by atoms with van der Waals surface area (Å²) in [5.74, 6) is 5.95. The molecule has 0 aromatic heterocycles. The number of amides is 1. The molecule has 23 heavy (non-hydrogen) atoms. The molecule has 5 heteroatoms. The maximum atomic E-state index is 12.8. The molecule has 0 fully saturated rings. The molecule has 3 nitrogen and oxygen atoms in total. The monoisotopic (exact) mass is 319 g/mol. The fraction of sp³-hybridized carbons (Fsp3) is 0.389. The Balaban J connectivity index is 2.26. The number of hydrogen-bond acceptors (Lipinski definition) is 2. The number of rotatable bonds is 5. The maximum Gasteiger partial charge on any atom is 0.256 e. The van der Waals surface area contributed by atoms with Crippen LogP contribution in [0, 0.1) is 18.8 Å². The van der Waals surface area contributed by atoms with Crippen molar-refractivity contribution < 1.29 is 18.3 Å². The Labute approximate surface area is 134 Å². The first-order valence-corrected chi connectivity index (χ1v) is 7.45. The lowest BCUT2D eigenvalue weighted by atomic mass is 10.00. The van der Waals surface area contributed by atoms with E-state index < -0.39 is 13.0 Å². The Morgan fingerprint density at radius 1 is 1.39 bits per heavy atom. The van der Waals surface area contributed by atoms with Gasteiger partial charge >= 0.3 is 0 Å². The third-order valence-electron chi connectivity index (χ3n) is 3.57. The zero-order valence-corrected chi connectivity index (χ0v) is 13.2. The summed E-state index contributed by atoms with van der Waals surface area (Å²) in [7, 11) is 0. The van der Waals surface area contributed by atoms with Gasteiger partial charge in [0.2, 0.25) is 5.91 Å². The van der Waals surface area contributed by atoms with E-state index in [1.165, 1.54) is 4.90 Å². The lowest BCUT2D eigenvalue weighted by Gasteiger charge is -2.29. The molecule has 0 aliphatic carbocycles. The van der Waals surface area contributed by atoms with Crippen LogP contribution < -0.4 is 4.74 Å². The minimum absolute atomic E-state index is 0.263. The highest BCUT2D eigenvalue weighted by atomic mass is 19.3. The van der Waals surface area contributed by atoms with E-state index >= 15 is 0 Å². The highest BCUT2D eigenvalue weighted by molar-refractivity contribution is 5.89. The lowest BCUT2D eigenvalue weighted by Crippen LogP contribution is -2.35. The van der Waals surface area contributed by atoms with Crippen molar-refractivity contribution in [2.75, 3.05) is 13.2 Å². The summed E-state index contributed by atoms with van der Waals surface area (Å²) in [6.45, 7) is 3.33. The predicted octanol–water partition coefficient (Wildman–Crippen LogP) is 3.63. The Hall–Kier alpha value is -2.35. The number of carbonyl (C=O) groups is 1. The average Bonchev–Trinajstić information content (AvgIpc) is 2.50. The normalized spacial score (nSPS) is 14.4. The first-order chi connectivity index (χ1) is 11.0. The molecule has 0 saturated heterocycles. The van der Waals surface area contributed by atoms with E-state index in [0.717, 1.165) is 11.1 Å². The van der Waals surface area contributed by atoms with E-state index in [4.69, 9.17) is 4.74 Å². The molecular weight excluding hydrogens is 300 g/mol. The Bertz CT molecular complexity index is 671. The molecule has 2 rings (SSSR count). The van der Waals surface area contributed by atoms with E-state index in [0.29, 0.717) is 24.5 Å². The van der Waals surface area contributed by atoms with Crippen molar-refractivity contribution in [2.45, 2.75) is 33.1 Å². The number of carbonyl (C=O) groups excluding carboxylic acids is 1. The van der Waals surface area contributed by atoms with Gasteiger partial charge in [0.1, 0.15) is 12.4 Å². The standard InChI is InChI=1S/C18H19F2NO2/c1-3-4-10-23-14-8-9-15(13(2)11-14)16-6-5-7-18(22)21(16)12-17(19)20/h6,8-9,11,17H,5,7,10,12H2,1-2H3. The molecule has 0 radical (unpaired) electrons. The Kier molecular flexibility index (Phi) is 5.75. The van der Waals surface area contributed by atoms with Crippen LogP contribution in [0.2, 0.25) is 0 Å². The highest BCUT2D eigenvalue weighted by Gasteiger charge is 2.26. The minimum Gasteiger partial charge on any atom is -0.481 e. The summed E-state index contributed by atoms with van der Waals surface area (Å²) in [6, 6.07) is 5.39. The molecule has 122 valence electrons. The second-order valence-electron chi connectivity index (χ2n) is 5.22. The van der Waals surface area contributed by atoms with Gasteiger partial charge in [0.05, 0.1) is 6.54 Å². The summed E-state index contributed by atoms with van der Waals surface area (Å²) in [4.78, 5) is 13.2. The quantitative estimate of drug-likeness (QED) is 0.776. The number of nitrogens with zero attached hydrogens (tertiary/aromatic N) is 1. The fourth-order valence-corrected chi connectivity index (χ4v) is 2.51. The molecule has 0 bridgehead atoms. The molecule has 1 amide bonds. The third-order valence-corrected chi connectivity index (χ3v) is 3.57. The van der Waals surface area contributed by atoms with Gasteiger partial charge in [-0.2, -0.15) is 0 Å². The predicted molar refractivity (Wildman–Crippen MR) is 85.1 cm³/mol. The molecule has 1 aromatic carbocycles. The van der Waals surface area contributed by atoms with Gasteiger partial charge in [-0.25, -0.2) is 8.78 Å². The first kappa shape index (κ1) is 17.0. The Morgan fingerprint density at radius 2 is 2.17 bits per heavy atom. The van der Waals surface area contributed by atoms with Crippen LogP contribution in [0.15, 0.2) is 24.3 Å². The van der Waals surface area contributed by atoms with Crippen LogP contribution in [0.5, 0.6) is 5.75 Å². The van der Waals surface area contributed by atoms with Gasteiger partial charge in [0.15, 0.2) is 0 Å². The van der Waals surface area contributed by atoms with E-state index in [9.17, 15) is 13.6 Å². The van der Waals surface area contributed by atoms with E-state index in [2.05, 4.69) is 11.8 Å². The van der Waals surface area contributed by atoms with Gasteiger partial charge in [-0.1, -0.05) is 12.0 Å². The van der Waals surface area contributed by atoms with Crippen molar-refractivity contribution in [3.8, 4) is 17.6 Å². The van der Waals surface area contributed by atoms with Crippen LogP contribution in [0.25, 0.3) is 5.70 Å². The molecule has 1 aliphatic heterocycles. The maximum absolute atomic E-state index is 12.8. The van der Waals surface area contributed by atoms with Gasteiger partial charge in [-0.15, -0.1) is 5.92 Å². The van der Waals surface area contributed by atoms with Gasteiger partial charge in [0, 0.05) is 17.7 Å². The number of benzene rings is 1. The van der Waals surface area contributed by atoms with Crippen LogP contribution in [0.1, 0.15) is 30.9 Å². The van der Waals surface area contributed by atoms with Gasteiger partial charge in [-0.3, -0.25) is 4.79 Å². The van der Waals surface area contributed by atoms with Crippen LogP contribution >= 0.6 is 0 Å². The van der Waals surface area contributed by atoms with Crippen LogP contribution in [0.4, 0.5) is 8.78 Å². The van der Waals surface area contributed by atoms with Crippen molar-refractivity contribution in [3.63, 3.8) is 0 Å². The van der Waals surface area contributed by atoms with Gasteiger partial charge in [-0.05, 0) is 44.0 Å². The number of ether oxygens (including phenoxy) is 1. The van der Waals surface area contributed by atoms with Crippen molar-refractivity contribution >= 4 is 11.6 Å². The van der Waals surface area contributed by atoms with E-state index in [1.807, 2.05) is 19.1 Å². The fourth-order valence-electron chi connectivity index (χ4n) is 2.51. The molecule has 0 unspecified atom stereocenters. The van der Waals surface area contributed by atoms with Crippen LogP contribution in [-0.4, -0.2) is 30.4 Å². The zero-order valence-electron chi connectivity index (χ0n) is 13.2. The molecule has 0 N–H and O–H groups in total. The number of alkyl halides is 2. The van der Waals surface area contributed by atoms with Crippen molar-refractivity contribution in [1.82, 2.24) is 4.90 Å². The lowest BCUT2D eigenvalue weighted by molar-refractivity contribution is -0.129. The van der Waals surface area contributed by atoms with Gasteiger partial charge < -0.3 is 9.64 Å². The number of allylic oxidation sites excluding steroid dienone is 1. The van der Waals surface area contributed by atoms with Crippen LogP contribution in [0.3, 0.4) is 0 Å². The summed E-state index contributed by atoms with van der Waals surface area (Å²) in [5.41, 5.74) is 2.19. The van der Waals surface area contributed by atoms with E-state index in [-0.39, 0.29) is 12.3 Å². The molecule has 0 spiro atoms. The Morgan fingerprint density at radius 3 is 2.83 bits per heavy atom. The molecule has 1 heterocycles. The van der Waals surface area contributed by atoms with Gasteiger partial charge in [0.25, 0.3) is 6.43 Å². The smallest absolute Gasteiger partial charge is 0.256 e. The second kappa shape index (κ2) is 7.77. The number of halogens is 2. The van der Waals surface area contributed by atoms with E-state index in [1.54, 1.807) is 19.1 Å². The van der Waals surface area contributed by atoms with Crippen LogP contribution in [-0.2, 0) is 4.79 Å². The molecule has 1 aliphatic rings. The van der Waals surface area contributed by atoms with Crippen molar-refractivity contribution in [2.24, 2.45) is 0 Å². The zero-order chi connectivity index (χ0) is 16.8. The SMILES string of the molecule is CC#CCOc1ccc(C2=CCCC(=O)N2CC(F)F)c(C)c1. The summed E-state index contributed by atoms with van der Waals surface area (Å²) >= 11 is 0. The average molecular weight is 319 g/mol. The third kappa shape index (κ3) is 4.32. The first-order valence-electron chi connectivity index (χ1n) is 7.45. The molecule has 0 saturated carbocycles. The minimum atomic E-state index is -2.56. The number of aryl methyl sites for hydroxylation is 1. The van der Waals surface area contributed by atoms with Crippen molar-refractivity contribution in [3.05, 3.63) is 35.4 Å². The molecular formula is C18H19F2NO2. The second-order valence-corrected chi connectivity index (χ2v) is 5.22. The topological polar surface area (TPSA) is 29.5 Å². The molecule has 0 atom stereocenters. The summed E-state index contributed by atoms with van der Waals surface area (Å²) < 4.78 is 31.0. The summed E-state index contributed by atoms with van der Waals surface area (Å²) in [6.07, 6.45) is 0.120. The molecule has 1 aromatic rings. The largest absolute Gasteiger partial charge is 0.481 e. The van der Waals surface area contributed by atoms with Crippen molar-refractivity contribution in [1.29, 1.82) is 0 Å². The highest BCUT2D eigenvalue weighted by Crippen LogP contribution is 2.30.